The first kappa shape index (κ1) is 21.7. The van der Waals surface area contributed by atoms with Crippen molar-refractivity contribution in [3.05, 3.63) is 35.9 Å². The van der Waals surface area contributed by atoms with Gasteiger partial charge in [-0.2, -0.15) is 0 Å². The standard InChI is InChI=1S/C20H31NO3Se/c1-15(13-16-9-7-6-8-10-16)14-18(22)17(11-12-25-5)21-19(23)24-20(2,3)4/h6-10,15,17H,11-14H2,1-5H3,(H,21,23). The number of amides is 1. The summed E-state index contributed by atoms with van der Waals surface area (Å²) >= 11 is 0.476. The third-order valence-corrected chi connectivity index (χ3v) is 5.02. The summed E-state index contributed by atoms with van der Waals surface area (Å²) < 4.78 is 5.30. The van der Waals surface area contributed by atoms with Crippen molar-refractivity contribution in [3.63, 3.8) is 0 Å². The Morgan fingerprint density at radius 3 is 2.40 bits per heavy atom. The fraction of sp³-hybridized carbons (Fsp3) is 0.600. The number of carbonyl (C=O) groups excluding carboxylic acids is 2. The van der Waals surface area contributed by atoms with Crippen LogP contribution in [0.1, 0.15) is 46.1 Å². The Kier molecular flexibility index (Phi) is 9.23. The topological polar surface area (TPSA) is 55.4 Å². The Hall–Kier alpha value is -1.32. The number of carbonyl (C=O) groups is 2. The van der Waals surface area contributed by atoms with Gasteiger partial charge in [0.05, 0.1) is 0 Å². The summed E-state index contributed by atoms with van der Waals surface area (Å²) in [6, 6.07) is 9.73. The second-order valence-corrected chi connectivity index (χ2v) is 9.51. The van der Waals surface area contributed by atoms with Gasteiger partial charge in [-0.25, -0.2) is 0 Å². The molecule has 1 aromatic carbocycles. The number of ether oxygens (including phenoxy) is 1. The Morgan fingerprint density at radius 1 is 1.20 bits per heavy atom. The van der Waals surface area contributed by atoms with Crippen molar-refractivity contribution < 1.29 is 14.3 Å². The molecule has 0 bridgehead atoms. The van der Waals surface area contributed by atoms with E-state index in [1.165, 1.54) is 5.56 Å². The van der Waals surface area contributed by atoms with Gasteiger partial charge in [-0.3, -0.25) is 0 Å². The van der Waals surface area contributed by atoms with Gasteiger partial charge in [-0.05, 0) is 0 Å². The molecule has 140 valence electrons. The van der Waals surface area contributed by atoms with Crippen LogP contribution in [0.2, 0.25) is 11.1 Å². The minimum atomic E-state index is -0.563. The van der Waals surface area contributed by atoms with Gasteiger partial charge in [-0.1, -0.05) is 0 Å². The van der Waals surface area contributed by atoms with Crippen LogP contribution >= 0.6 is 0 Å². The monoisotopic (exact) mass is 413 g/mol. The first-order valence-electron chi connectivity index (χ1n) is 8.76. The number of alkyl carbamates (subject to hydrolysis) is 1. The average molecular weight is 412 g/mol. The number of hydrogen-bond acceptors (Lipinski definition) is 3. The molecule has 0 aliphatic carbocycles. The predicted octanol–water partition coefficient (Wildman–Crippen LogP) is 4.28. The fourth-order valence-electron chi connectivity index (χ4n) is 2.57. The molecule has 1 rings (SSSR count). The average Bonchev–Trinajstić information content (AvgIpc) is 2.50. The van der Waals surface area contributed by atoms with Crippen LogP contribution < -0.4 is 5.32 Å². The van der Waals surface area contributed by atoms with Crippen LogP contribution in [-0.2, 0) is 16.0 Å². The summed E-state index contributed by atoms with van der Waals surface area (Å²) in [5.74, 6) is 2.48. The predicted molar refractivity (Wildman–Crippen MR) is 103 cm³/mol. The maximum atomic E-state index is 12.7. The van der Waals surface area contributed by atoms with Crippen LogP contribution in [0, 0.1) is 5.92 Å². The molecule has 0 fully saturated rings. The van der Waals surface area contributed by atoms with E-state index in [4.69, 9.17) is 4.74 Å². The molecule has 4 nitrogen and oxygen atoms in total. The molecule has 2 atom stereocenters. The molecule has 0 radical (unpaired) electrons. The molecule has 0 aromatic heterocycles. The van der Waals surface area contributed by atoms with Gasteiger partial charge in [0.25, 0.3) is 0 Å². The Labute approximate surface area is 158 Å². The van der Waals surface area contributed by atoms with E-state index in [0.29, 0.717) is 27.8 Å². The molecular formula is C20H31NO3Se. The van der Waals surface area contributed by atoms with E-state index >= 15 is 0 Å². The zero-order chi connectivity index (χ0) is 18.9. The molecule has 2 unspecified atom stereocenters. The van der Waals surface area contributed by atoms with Crippen LogP contribution in [0.3, 0.4) is 0 Å². The second kappa shape index (κ2) is 10.6. The molecule has 0 spiro atoms. The quantitative estimate of drug-likeness (QED) is 0.616. The van der Waals surface area contributed by atoms with E-state index in [9.17, 15) is 9.59 Å². The summed E-state index contributed by atoms with van der Waals surface area (Å²) in [4.78, 5) is 24.7. The number of nitrogens with one attached hydrogen (secondary N) is 1. The number of ketones is 1. The van der Waals surface area contributed by atoms with Crippen LogP contribution in [0.15, 0.2) is 30.3 Å². The Bertz CT molecular complexity index is 540. The molecule has 5 heteroatoms. The summed E-state index contributed by atoms with van der Waals surface area (Å²) in [5, 5.41) is 3.74. The van der Waals surface area contributed by atoms with E-state index in [0.717, 1.165) is 11.7 Å². The number of benzene rings is 1. The van der Waals surface area contributed by atoms with Crippen molar-refractivity contribution in [2.24, 2.45) is 5.92 Å². The van der Waals surface area contributed by atoms with Crippen molar-refractivity contribution in [1.82, 2.24) is 5.32 Å². The van der Waals surface area contributed by atoms with E-state index in [1.807, 2.05) is 39.0 Å². The Morgan fingerprint density at radius 2 is 1.84 bits per heavy atom. The van der Waals surface area contributed by atoms with Crippen LogP contribution in [0.5, 0.6) is 0 Å². The summed E-state index contributed by atoms with van der Waals surface area (Å²) in [5.41, 5.74) is 0.670. The number of Topliss-reactive ketones (excluding diaryl/α,β-unsaturated/α-hetero) is 1. The van der Waals surface area contributed by atoms with Gasteiger partial charge in [0.1, 0.15) is 0 Å². The van der Waals surface area contributed by atoms with Gasteiger partial charge < -0.3 is 0 Å². The third-order valence-electron chi connectivity index (χ3n) is 3.67. The van der Waals surface area contributed by atoms with Crippen molar-refractivity contribution >= 4 is 26.8 Å². The van der Waals surface area contributed by atoms with Gasteiger partial charge in [0.2, 0.25) is 0 Å². The second-order valence-electron chi connectivity index (χ2n) is 7.45. The van der Waals surface area contributed by atoms with Crippen molar-refractivity contribution in [3.8, 4) is 0 Å². The van der Waals surface area contributed by atoms with Crippen molar-refractivity contribution in [1.29, 1.82) is 0 Å². The first-order valence-corrected chi connectivity index (χ1v) is 11.7. The zero-order valence-electron chi connectivity index (χ0n) is 16.0. The number of rotatable bonds is 9. The zero-order valence-corrected chi connectivity index (χ0v) is 17.7. The maximum absolute atomic E-state index is 12.7. The van der Waals surface area contributed by atoms with E-state index < -0.39 is 17.7 Å². The van der Waals surface area contributed by atoms with Gasteiger partial charge in [-0.15, -0.1) is 0 Å². The molecular weight excluding hydrogens is 381 g/mol. The summed E-state index contributed by atoms with van der Waals surface area (Å²) in [6.45, 7) is 7.54. The Balaban J connectivity index is 2.61. The third kappa shape index (κ3) is 9.66. The molecule has 0 saturated heterocycles. The summed E-state index contributed by atoms with van der Waals surface area (Å²) in [6.07, 6.45) is 1.51. The molecule has 0 aliphatic heterocycles. The summed E-state index contributed by atoms with van der Waals surface area (Å²) in [7, 11) is 0. The molecule has 1 aromatic rings. The normalized spacial score (nSPS) is 13.8. The van der Waals surface area contributed by atoms with Gasteiger partial charge in [0, 0.05) is 0 Å². The molecule has 0 aliphatic rings. The minimum absolute atomic E-state index is 0.0959. The van der Waals surface area contributed by atoms with E-state index in [1.54, 1.807) is 0 Å². The molecule has 25 heavy (non-hydrogen) atoms. The van der Waals surface area contributed by atoms with E-state index in [2.05, 4.69) is 30.2 Å². The van der Waals surface area contributed by atoms with Crippen LogP contribution in [0.25, 0.3) is 0 Å². The molecule has 0 saturated carbocycles. The first-order chi connectivity index (χ1) is 11.7. The van der Waals surface area contributed by atoms with Gasteiger partial charge >= 0.3 is 158 Å². The fourth-order valence-corrected chi connectivity index (χ4v) is 3.56. The van der Waals surface area contributed by atoms with Crippen LogP contribution in [-0.4, -0.2) is 38.5 Å². The van der Waals surface area contributed by atoms with Crippen molar-refractivity contribution in [2.45, 2.75) is 69.7 Å². The molecule has 1 amide bonds. The van der Waals surface area contributed by atoms with Crippen LogP contribution in [0.4, 0.5) is 4.79 Å². The van der Waals surface area contributed by atoms with Gasteiger partial charge in [0.15, 0.2) is 0 Å². The molecule has 0 heterocycles. The van der Waals surface area contributed by atoms with Crippen molar-refractivity contribution in [2.75, 3.05) is 0 Å². The number of hydrogen-bond donors (Lipinski definition) is 1. The molecule has 1 N–H and O–H groups in total. The SMILES string of the molecule is C[Se]CCC(NC(=O)OC(C)(C)C)C(=O)CC(C)Cc1ccccc1. The van der Waals surface area contributed by atoms with E-state index in [-0.39, 0.29) is 11.7 Å².